The van der Waals surface area contributed by atoms with E-state index in [9.17, 15) is 4.79 Å². The standard InChI is InChI=1S/C17H21N3O3S/c1-3-22-16(21)5-4-10-23-15-8-6-14(7-9-15)11-18-20-17-19-13(2)12-24-17/h6-9,11-12H,3-5,10H2,1-2H3,(H,19,20). The zero-order valence-electron chi connectivity index (χ0n) is 13.8. The molecule has 0 aliphatic rings. The molecule has 0 saturated heterocycles. The number of carbonyl (C=O) groups excluding carboxylic acids is 1. The number of hydrogen-bond acceptors (Lipinski definition) is 7. The molecule has 1 N–H and O–H groups in total. The second-order valence-corrected chi connectivity index (χ2v) is 5.85. The van der Waals surface area contributed by atoms with Gasteiger partial charge in [-0.15, -0.1) is 11.3 Å². The van der Waals surface area contributed by atoms with E-state index in [0.29, 0.717) is 26.1 Å². The van der Waals surface area contributed by atoms with Crippen molar-refractivity contribution >= 4 is 28.7 Å². The molecule has 0 saturated carbocycles. The van der Waals surface area contributed by atoms with Gasteiger partial charge in [0.05, 0.1) is 25.1 Å². The van der Waals surface area contributed by atoms with Gasteiger partial charge in [-0.25, -0.2) is 4.98 Å². The van der Waals surface area contributed by atoms with Crippen LogP contribution in [0.2, 0.25) is 0 Å². The molecule has 0 unspecified atom stereocenters. The molecule has 0 atom stereocenters. The number of aryl methyl sites for hydroxylation is 1. The Morgan fingerprint density at radius 3 is 2.83 bits per heavy atom. The average Bonchev–Trinajstić information content (AvgIpc) is 2.99. The van der Waals surface area contributed by atoms with E-state index in [0.717, 1.165) is 22.1 Å². The molecular weight excluding hydrogens is 326 g/mol. The molecule has 0 aliphatic heterocycles. The number of thiazole rings is 1. The van der Waals surface area contributed by atoms with Gasteiger partial charge in [0.15, 0.2) is 0 Å². The first-order valence-corrected chi connectivity index (χ1v) is 8.65. The van der Waals surface area contributed by atoms with Crippen molar-refractivity contribution in [3.8, 4) is 5.75 Å². The first-order chi connectivity index (χ1) is 11.7. The number of benzene rings is 1. The van der Waals surface area contributed by atoms with Crippen LogP contribution in [0.4, 0.5) is 5.13 Å². The van der Waals surface area contributed by atoms with Gasteiger partial charge in [-0.1, -0.05) is 0 Å². The van der Waals surface area contributed by atoms with Crippen molar-refractivity contribution in [3.63, 3.8) is 0 Å². The highest BCUT2D eigenvalue weighted by Gasteiger charge is 2.01. The summed E-state index contributed by atoms with van der Waals surface area (Å²) in [4.78, 5) is 15.5. The summed E-state index contributed by atoms with van der Waals surface area (Å²) in [7, 11) is 0. The molecule has 6 nitrogen and oxygen atoms in total. The number of carbonyl (C=O) groups is 1. The van der Waals surface area contributed by atoms with Gasteiger partial charge in [-0.2, -0.15) is 5.10 Å². The summed E-state index contributed by atoms with van der Waals surface area (Å²) < 4.78 is 10.5. The van der Waals surface area contributed by atoms with Crippen LogP contribution in [0.15, 0.2) is 34.7 Å². The van der Waals surface area contributed by atoms with Crippen molar-refractivity contribution in [3.05, 3.63) is 40.9 Å². The molecule has 2 aromatic rings. The Morgan fingerprint density at radius 2 is 2.17 bits per heavy atom. The lowest BCUT2D eigenvalue weighted by atomic mass is 10.2. The van der Waals surface area contributed by atoms with Crippen molar-refractivity contribution < 1.29 is 14.3 Å². The minimum atomic E-state index is -0.185. The van der Waals surface area contributed by atoms with Crippen molar-refractivity contribution in [1.82, 2.24) is 4.98 Å². The molecule has 0 fully saturated rings. The van der Waals surface area contributed by atoms with Gasteiger partial charge < -0.3 is 9.47 Å². The predicted molar refractivity (Wildman–Crippen MR) is 95.9 cm³/mol. The van der Waals surface area contributed by atoms with Gasteiger partial charge >= 0.3 is 5.97 Å². The fraction of sp³-hybridized carbons (Fsp3) is 0.353. The van der Waals surface area contributed by atoms with Gasteiger partial charge in [0.25, 0.3) is 0 Å². The fourth-order valence-electron chi connectivity index (χ4n) is 1.86. The Bertz CT molecular complexity index is 668. The molecule has 0 radical (unpaired) electrons. The molecule has 1 aromatic carbocycles. The van der Waals surface area contributed by atoms with E-state index in [-0.39, 0.29) is 5.97 Å². The Morgan fingerprint density at radius 1 is 1.38 bits per heavy atom. The number of esters is 1. The highest BCUT2D eigenvalue weighted by atomic mass is 32.1. The summed E-state index contributed by atoms with van der Waals surface area (Å²) in [6, 6.07) is 7.58. The topological polar surface area (TPSA) is 72.8 Å². The van der Waals surface area contributed by atoms with Crippen LogP contribution >= 0.6 is 11.3 Å². The van der Waals surface area contributed by atoms with E-state index in [1.165, 1.54) is 11.3 Å². The summed E-state index contributed by atoms with van der Waals surface area (Å²) in [5.74, 6) is 0.579. The zero-order valence-corrected chi connectivity index (χ0v) is 14.6. The molecule has 1 aromatic heterocycles. The Labute approximate surface area is 145 Å². The van der Waals surface area contributed by atoms with Crippen LogP contribution in [0.5, 0.6) is 5.75 Å². The third-order valence-electron chi connectivity index (χ3n) is 2.97. The number of hydrazone groups is 1. The molecule has 0 bridgehead atoms. The quantitative estimate of drug-likeness (QED) is 0.325. The lowest BCUT2D eigenvalue weighted by Gasteiger charge is -2.06. The monoisotopic (exact) mass is 347 g/mol. The Hall–Kier alpha value is -2.41. The average molecular weight is 347 g/mol. The van der Waals surface area contributed by atoms with E-state index < -0.39 is 0 Å². The second-order valence-electron chi connectivity index (χ2n) is 4.99. The maximum Gasteiger partial charge on any atom is 0.305 e. The first-order valence-electron chi connectivity index (χ1n) is 7.77. The molecule has 1 heterocycles. The summed E-state index contributed by atoms with van der Waals surface area (Å²) >= 11 is 1.51. The van der Waals surface area contributed by atoms with Crippen molar-refractivity contribution in [1.29, 1.82) is 0 Å². The molecule has 2 rings (SSSR count). The van der Waals surface area contributed by atoms with E-state index >= 15 is 0 Å². The molecule has 0 spiro atoms. The maximum atomic E-state index is 11.2. The second kappa shape index (κ2) is 9.67. The molecule has 7 heteroatoms. The molecule has 0 aliphatic carbocycles. The highest BCUT2D eigenvalue weighted by Crippen LogP contribution is 2.14. The maximum absolute atomic E-state index is 11.2. The van der Waals surface area contributed by atoms with Crippen LogP contribution < -0.4 is 10.2 Å². The normalized spacial score (nSPS) is 10.8. The van der Waals surface area contributed by atoms with Crippen molar-refractivity contribution in [2.75, 3.05) is 18.6 Å². The summed E-state index contributed by atoms with van der Waals surface area (Å²) in [5.41, 5.74) is 4.82. The first kappa shape index (κ1) is 17.9. The van der Waals surface area contributed by atoms with Gasteiger partial charge in [0, 0.05) is 11.8 Å². The van der Waals surface area contributed by atoms with Gasteiger partial charge in [0.2, 0.25) is 5.13 Å². The Kier molecular flexibility index (Phi) is 7.22. The Balaban J connectivity index is 1.71. The number of anilines is 1. The largest absolute Gasteiger partial charge is 0.494 e. The fourth-order valence-corrected chi connectivity index (χ4v) is 2.49. The third kappa shape index (κ3) is 6.37. The number of hydrogen-bond donors (Lipinski definition) is 1. The number of rotatable bonds is 9. The minimum absolute atomic E-state index is 0.185. The third-order valence-corrected chi connectivity index (χ3v) is 3.84. The van der Waals surface area contributed by atoms with Crippen LogP contribution in [0.3, 0.4) is 0 Å². The van der Waals surface area contributed by atoms with Crippen LogP contribution in [-0.4, -0.2) is 30.4 Å². The van der Waals surface area contributed by atoms with Crippen LogP contribution in [0.1, 0.15) is 31.0 Å². The van der Waals surface area contributed by atoms with E-state index in [1.54, 1.807) is 13.1 Å². The van der Waals surface area contributed by atoms with Crippen molar-refractivity contribution in [2.45, 2.75) is 26.7 Å². The van der Waals surface area contributed by atoms with Gasteiger partial charge in [-0.05, 0) is 50.1 Å². The van der Waals surface area contributed by atoms with E-state index in [1.807, 2.05) is 36.6 Å². The van der Waals surface area contributed by atoms with Gasteiger partial charge in [0.1, 0.15) is 5.75 Å². The van der Waals surface area contributed by atoms with Crippen LogP contribution in [0, 0.1) is 6.92 Å². The minimum Gasteiger partial charge on any atom is -0.494 e. The number of aromatic nitrogens is 1. The van der Waals surface area contributed by atoms with Crippen molar-refractivity contribution in [2.24, 2.45) is 5.10 Å². The molecule has 24 heavy (non-hydrogen) atoms. The predicted octanol–water partition coefficient (Wildman–Crippen LogP) is 3.62. The summed E-state index contributed by atoms with van der Waals surface area (Å²) in [6.07, 6.45) is 2.74. The lowest BCUT2D eigenvalue weighted by molar-refractivity contribution is -0.143. The smallest absolute Gasteiger partial charge is 0.305 e. The number of ether oxygens (including phenoxy) is 2. The lowest BCUT2D eigenvalue weighted by Crippen LogP contribution is -2.06. The van der Waals surface area contributed by atoms with Gasteiger partial charge in [-0.3, -0.25) is 10.2 Å². The molecule has 128 valence electrons. The SMILES string of the molecule is CCOC(=O)CCCOc1ccc(C=NNc2nc(C)cs2)cc1. The summed E-state index contributed by atoms with van der Waals surface area (Å²) in [6.45, 7) is 4.64. The van der Waals surface area contributed by atoms with E-state index in [2.05, 4.69) is 15.5 Å². The zero-order chi connectivity index (χ0) is 17.2. The van der Waals surface area contributed by atoms with E-state index in [4.69, 9.17) is 9.47 Å². The molecular formula is C17H21N3O3S. The highest BCUT2D eigenvalue weighted by molar-refractivity contribution is 7.13. The van der Waals surface area contributed by atoms with Crippen LogP contribution in [0.25, 0.3) is 0 Å². The summed E-state index contributed by atoms with van der Waals surface area (Å²) in [5, 5.41) is 6.88. The number of nitrogens with one attached hydrogen (secondary N) is 1. The molecule has 0 amide bonds. The number of nitrogens with zero attached hydrogens (tertiary/aromatic N) is 2. The van der Waals surface area contributed by atoms with Crippen LogP contribution in [-0.2, 0) is 9.53 Å².